The third-order valence-electron chi connectivity index (χ3n) is 2.40. The highest BCUT2D eigenvalue weighted by Gasteiger charge is 2.18. The van der Waals surface area contributed by atoms with E-state index in [-0.39, 0.29) is 11.7 Å². The molecule has 1 atom stereocenters. The van der Waals surface area contributed by atoms with Crippen molar-refractivity contribution in [2.75, 3.05) is 5.32 Å². The van der Waals surface area contributed by atoms with E-state index in [0.29, 0.717) is 16.2 Å². The van der Waals surface area contributed by atoms with Crippen LogP contribution in [0, 0.1) is 16.0 Å². The molecule has 1 rings (SSSR count). The van der Waals surface area contributed by atoms with Crippen molar-refractivity contribution in [3.8, 4) is 0 Å². The Hall–Kier alpha value is -1.17. The molecule has 0 aliphatic rings. The van der Waals surface area contributed by atoms with E-state index in [0.717, 1.165) is 0 Å². The smallest absolute Gasteiger partial charge is 0.312 e. The summed E-state index contributed by atoms with van der Waals surface area (Å²) in [6.07, 6.45) is 1.54. The van der Waals surface area contributed by atoms with Gasteiger partial charge in [-0.3, -0.25) is 10.1 Å². The minimum absolute atomic E-state index is 0.0122. The molecule has 1 N–H and O–H groups in total. The zero-order chi connectivity index (χ0) is 12.3. The molecule has 0 aliphatic heterocycles. The van der Waals surface area contributed by atoms with E-state index in [4.69, 9.17) is 0 Å². The van der Waals surface area contributed by atoms with Crippen molar-refractivity contribution >= 4 is 27.4 Å². The predicted molar refractivity (Wildman–Crippen MR) is 66.5 cm³/mol. The molecule has 5 nitrogen and oxygen atoms in total. The summed E-state index contributed by atoms with van der Waals surface area (Å²) in [7, 11) is 0. The number of aromatic nitrogens is 1. The van der Waals surface area contributed by atoms with Crippen LogP contribution >= 0.6 is 15.9 Å². The van der Waals surface area contributed by atoms with Gasteiger partial charge in [0.1, 0.15) is 0 Å². The van der Waals surface area contributed by atoms with Gasteiger partial charge in [-0.15, -0.1) is 0 Å². The summed E-state index contributed by atoms with van der Waals surface area (Å²) in [5, 5.41) is 13.9. The summed E-state index contributed by atoms with van der Waals surface area (Å²) in [6, 6.07) is 1.58. The van der Waals surface area contributed by atoms with Gasteiger partial charge in [-0.1, -0.05) is 13.8 Å². The van der Waals surface area contributed by atoms with Crippen LogP contribution in [0.4, 0.5) is 11.5 Å². The Morgan fingerprint density at radius 1 is 1.50 bits per heavy atom. The number of hydrogen-bond donors (Lipinski definition) is 1. The van der Waals surface area contributed by atoms with Gasteiger partial charge in [0.05, 0.1) is 4.92 Å². The summed E-state index contributed by atoms with van der Waals surface area (Å²) in [5.41, 5.74) is -0.0122. The van der Waals surface area contributed by atoms with Gasteiger partial charge in [-0.2, -0.15) is 0 Å². The van der Waals surface area contributed by atoms with Gasteiger partial charge in [0.25, 0.3) is 0 Å². The lowest BCUT2D eigenvalue weighted by molar-refractivity contribution is -0.384. The molecule has 0 saturated carbocycles. The number of hydrogen-bond acceptors (Lipinski definition) is 4. The van der Waals surface area contributed by atoms with Gasteiger partial charge in [-0.25, -0.2) is 4.98 Å². The number of nitro groups is 1. The lowest BCUT2D eigenvalue weighted by Gasteiger charge is -2.17. The van der Waals surface area contributed by atoms with Crippen molar-refractivity contribution in [3.63, 3.8) is 0 Å². The highest BCUT2D eigenvalue weighted by atomic mass is 79.9. The van der Waals surface area contributed by atoms with E-state index >= 15 is 0 Å². The largest absolute Gasteiger partial charge is 0.362 e. The molecule has 1 heterocycles. The van der Waals surface area contributed by atoms with Gasteiger partial charge in [0.2, 0.25) is 5.82 Å². The first-order valence-corrected chi connectivity index (χ1v) is 5.77. The number of nitrogens with zero attached hydrogens (tertiary/aromatic N) is 2. The van der Waals surface area contributed by atoms with Crippen LogP contribution in [-0.4, -0.2) is 15.9 Å². The number of rotatable bonds is 4. The molecule has 0 aromatic carbocycles. The Morgan fingerprint density at radius 3 is 2.62 bits per heavy atom. The Kier molecular flexibility index (Phi) is 4.23. The molecule has 0 fully saturated rings. The average molecular weight is 288 g/mol. The second kappa shape index (κ2) is 5.25. The fraction of sp³-hybridized carbons (Fsp3) is 0.500. The third kappa shape index (κ3) is 3.16. The van der Waals surface area contributed by atoms with Crippen molar-refractivity contribution in [3.05, 3.63) is 26.9 Å². The van der Waals surface area contributed by atoms with Crippen LogP contribution in [-0.2, 0) is 0 Å². The van der Waals surface area contributed by atoms with E-state index in [1.165, 1.54) is 6.07 Å². The topological polar surface area (TPSA) is 68.1 Å². The van der Waals surface area contributed by atoms with Gasteiger partial charge < -0.3 is 5.32 Å². The minimum atomic E-state index is -0.437. The first-order valence-electron chi connectivity index (χ1n) is 4.98. The zero-order valence-corrected chi connectivity index (χ0v) is 11.0. The normalized spacial score (nSPS) is 12.6. The van der Waals surface area contributed by atoms with E-state index in [2.05, 4.69) is 26.2 Å². The van der Waals surface area contributed by atoms with Crippen molar-refractivity contribution in [2.24, 2.45) is 5.92 Å². The first kappa shape index (κ1) is 12.9. The number of nitrogens with one attached hydrogen (secondary N) is 1. The molecule has 0 amide bonds. The molecule has 0 saturated heterocycles. The fourth-order valence-electron chi connectivity index (χ4n) is 1.06. The van der Waals surface area contributed by atoms with Crippen LogP contribution in [0.1, 0.15) is 20.8 Å². The van der Waals surface area contributed by atoms with Crippen molar-refractivity contribution in [2.45, 2.75) is 26.8 Å². The van der Waals surface area contributed by atoms with E-state index in [1.807, 2.05) is 20.8 Å². The lowest BCUT2D eigenvalue weighted by atomic mass is 10.1. The van der Waals surface area contributed by atoms with Crippen molar-refractivity contribution in [1.82, 2.24) is 4.98 Å². The van der Waals surface area contributed by atoms with Crippen molar-refractivity contribution in [1.29, 1.82) is 0 Å². The molecule has 0 bridgehead atoms. The standard InChI is InChI=1S/C10H14BrN3O2/c1-6(2)7(3)13-10-9(14(15)16)4-8(11)5-12-10/h4-7H,1-3H3,(H,12,13). The predicted octanol–water partition coefficient (Wildman–Crippen LogP) is 3.21. The Balaban J connectivity index is 2.99. The third-order valence-corrected chi connectivity index (χ3v) is 2.83. The van der Waals surface area contributed by atoms with E-state index in [9.17, 15) is 10.1 Å². The van der Waals surface area contributed by atoms with Crippen LogP contribution < -0.4 is 5.32 Å². The highest BCUT2D eigenvalue weighted by molar-refractivity contribution is 9.10. The Labute approximate surface area is 103 Å². The van der Waals surface area contributed by atoms with Gasteiger partial charge >= 0.3 is 5.69 Å². The summed E-state index contributed by atoms with van der Waals surface area (Å²) in [6.45, 7) is 6.06. The maximum absolute atomic E-state index is 10.8. The number of anilines is 1. The second-order valence-corrected chi connectivity index (χ2v) is 4.87. The minimum Gasteiger partial charge on any atom is -0.362 e. The van der Waals surface area contributed by atoms with E-state index in [1.54, 1.807) is 6.20 Å². The molecule has 1 aromatic heterocycles. The quantitative estimate of drug-likeness (QED) is 0.682. The maximum Gasteiger partial charge on any atom is 0.312 e. The molecule has 1 unspecified atom stereocenters. The first-order chi connectivity index (χ1) is 7.41. The van der Waals surface area contributed by atoms with Gasteiger partial charge in [0, 0.05) is 22.8 Å². The van der Waals surface area contributed by atoms with E-state index < -0.39 is 4.92 Å². The van der Waals surface area contributed by atoms with Gasteiger partial charge in [-0.05, 0) is 28.8 Å². The average Bonchev–Trinajstić information content (AvgIpc) is 2.20. The lowest BCUT2D eigenvalue weighted by Crippen LogP contribution is -2.22. The molecule has 0 aliphatic carbocycles. The van der Waals surface area contributed by atoms with Gasteiger partial charge in [0.15, 0.2) is 0 Å². The van der Waals surface area contributed by atoms with Crippen LogP contribution in [0.5, 0.6) is 0 Å². The highest BCUT2D eigenvalue weighted by Crippen LogP contribution is 2.26. The number of pyridine rings is 1. The Morgan fingerprint density at radius 2 is 2.12 bits per heavy atom. The molecular weight excluding hydrogens is 274 g/mol. The molecule has 0 radical (unpaired) electrons. The monoisotopic (exact) mass is 287 g/mol. The molecule has 16 heavy (non-hydrogen) atoms. The SMILES string of the molecule is CC(C)C(C)Nc1ncc(Br)cc1[N+](=O)[O-]. The summed E-state index contributed by atoms with van der Waals surface area (Å²) >= 11 is 3.17. The second-order valence-electron chi connectivity index (χ2n) is 3.96. The maximum atomic E-state index is 10.8. The van der Waals surface area contributed by atoms with Crippen molar-refractivity contribution < 1.29 is 4.92 Å². The molecule has 6 heteroatoms. The molecule has 0 spiro atoms. The van der Waals surface area contributed by atoms with Crippen LogP contribution in [0.15, 0.2) is 16.7 Å². The van der Waals surface area contributed by atoms with Crippen LogP contribution in [0.3, 0.4) is 0 Å². The molecular formula is C10H14BrN3O2. The fourth-order valence-corrected chi connectivity index (χ4v) is 1.38. The number of halogens is 1. The zero-order valence-electron chi connectivity index (χ0n) is 9.40. The molecule has 88 valence electrons. The van der Waals surface area contributed by atoms with Crippen LogP contribution in [0.2, 0.25) is 0 Å². The Bertz CT molecular complexity index is 396. The molecule has 1 aromatic rings. The summed E-state index contributed by atoms with van der Waals surface area (Å²) < 4.78 is 0.599. The summed E-state index contributed by atoms with van der Waals surface area (Å²) in [4.78, 5) is 14.4. The summed E-state index contributed by atoms with van der Waals surface area (Å²) in [5.74, 6) is 0.694. The van der Waals surface area contributed by atoms with Crippen LogP contribution in [0.25, 0.3) is 0 Å².